The second kappa shape index (κ2) is 9.32. The van der Waals surface area contributed by atoms with Crippen molar-refractivity contribution in [3.8, 4) is 0 Å². The van der Waals surface area contributed by atoms with E-state index < -0.39 is 6.04 Å². The third-order valence-corrected chi connectivity index (χ3v) is 5.40. The fraction of sp³-hybridized carbons (Fsp3) is 0.286. The van der Waals surface area contributed by atoms with Gasteiger partial charge >= 0.3 is 0 Å². The Morgan fingerprint density at radius 1 is 1.00 bits per heavy atom. The van der Waals surface area contributed by atoms with Crippen LogP contribution in [-0.4, -0.2) is 22.8 Å². The van der Waals surface area contributed by atoms with E-state index in [4.69, 9.17) is 0 Å². The van der Waals surface area contributed by atoms with E-state index in [-0.39, 0.29) is 17.7 Å². The van der Waals surface area contributed by atoms with Crippen molar-refractivity contribution in [2.24, 2.45) is 0 Å². The molecular formula is C21H24N4O2S. The highest BCUT2D eigenvalue weighted by Crippen LogP contribution is 2.25. The lowest BCUT2D eigenvalue weighted by Crippen LogP contribution is -2.49. The van der Waals surface area contributed by atoms with Crippen LogP contribution < -0.4 is 16.2 Å². The Kier molecular flexibility index (Phi) is 6.60. The molecular weight excluding hydrogens is 372 g/mol. The Labute approximate surface area is 168 Å². The topological polar surface area (TPSA) is 83.1 Å². The van der Waals surface area contributed by atoms with E-state index in [0.29, 0.717) is 11.6 Å². The predicted molar refractivity (Wildman–Crippen MR) is 113 cm³/mol. The molecule has 0 bridgehead atoms. The van der Waals surface area contributed by atoms with E-state index in [0.717, 1.165) is 22.2 Å². The standard InChI is InChI=1S/C21H24N4O2S/c1-3-9-16(15-10-5-4-6-11-15)20(27)25-24-19(26)14(2)22-21-23-17-12-7-8-13-18(17)28-21/h4-8,10-14,16H,3,9H2,1-2H3,(H,22,23)(H,24,26)(H,25,27). The van der Waals surface area contributed by atoms with Crippen molar-refractivity contribution in [3.05, 3.63) is 60.2 Å². The molecule has 0 radical (unpaired) electrons. The first-order valence-electron chi connectivity index (χ1n) is 9.35. The normalized spacial score (nSPS) is 12.9. The fourth-order valence-corrected chi connectivity index (χ4v) is 3.88. The Morgan fingerprint density at radius 2 is 1.68 bits per heavy atom. The molecule has 6 nitrogen and oxygen atoms in total. The Hall–Kier alpha value is -2.93. The lowest BCUT2D eigenvalue weighted by atomic mass is 9.94. The first-order chi connectivity index (χ1) is 13.6. The maximum absolute atomic E-state index is 12.6. The minimum atomic E-state index is -0.540. The summed E-state index contributed by atoms with van der Waals surface area (Å²) in [4.78, 5) is 29.4. The number of anilines is 1. The molecule has 2 amide bonds. The molecule has 3 N–H and O–H groups in total. The van der Waals surface area contributed by atoms with Crippen LogP contribution in [0.25, 0.3) is 10.2 Å². The minimum Gasteiger partial charge on any atom is -0.350 e. The van der Waals surface area contributed by atoms with E-state index in [1.54, 1.807) is 6.92 Å². The van der Waals surface area contributed by atoms with Gasteiger partial charge in [0.05, 0.1) is 16.1 Å². The number of rotatable bonds is 7. The summed E-state index contributed by atoms with van der Waals surface area (Å²) in [5, 5.41) is 3.75. The summed E-state index contributed by atoms with van der Waals surface area (Å²) < 4.78 is 1.05. The summed E-state index contributed by atoms with van der Waals surface area (Å²) in [6.45, 7) is 3.76. The molecule has 2 atom stereocenters. The number of thiazole rings is 1. The van der Waals surface area contributed by atoms with Crippen molar-refractivity contribution < 1.29 is 9.59 Å². The molecule has 28 heavy (non-hydrogen) atoms. The molecule has 3 rings (SSSR count). The lowest BCUT2D eigenvalue weighted by molar-refractivity contribution is -0.130. The SMILES string of the molecule is CCCC(C(=O)NNC(=O)C(C)Nc1nc2ccccc2s1)c1ccccc1. The van der Waals surface area contributed by atoms with Crippen LogP contribution >= 0.6 is 11.3 Å². The monoisotopic (exact) mass is 396 g/mol. The lowest BCUT2D eigenvalue weighted by Gasteiger charge is -2.18. The van der Waals surface area contributed by atoms with Gasteiger partial charge in [-0.05, 0) is 31.0 Å². The molecule has 0 spiro atoms. The van der Waals surface area contributed by atoms with Gasteiger partial charge in [0.2, 0.25) is 5.91 Å². The highest BCUT2D eigenvalue weighted by atomic mass is 32.1. The van der Waals surface area contributed by atoms with Crippen molar-refractivity contribution in [2.75, 3.05) is 5.32 Å². The average molecular weight is 397 g/mol. The maximum Gasteiger partial charge on any atom is 0.260 e. The number of nitrogens with one attached hydrogen (secondary N) is 3. The third-order valence-electron chi connectivity index (χ3n) is 4.43. The fourth-order valence-electron chi connectivity index (χ4n) is 2.93. The number of hydrogen-bond donors (Lipinski definition) is 3. The van der Waals surface area contributed by atoms with E-state index in [1.165, 1.54) is 11.3 Å². The Bertz CT molecular complexity index is 909. The molecule has 0 aliphatic carbocycles. The third kappa shape index (κ3) is 4.86. The van der Waals surface area contributed by atoms with E-state index in [1.807, 2.05) is 61.5 Å². The minimum absolute atomic E-state index is 0.214. The van der Waals surface area contributed by atoms with Gasteiger partial charge in [0, 0.05) is 0 Å². The average Bonchev–Trinajstić information content (AvgIpc) is 3.12. The second-order valence-electron chi connectivity index (χ2n) is 6.58. The quantitative estimate of drug-likeness (QED) is 0.530. The number of hydrogen-bond acceptors (Lipinski definition) is 5. The van der Waals surface area contributed by atoms with E-state index >= 15 is 0 Å². The summed E-state index contributed by atoms with van der Waals surface area (Å²) in [6, 6.07) is 16.9. The smallest absolute Gasteiger partial charge is 0.260 e. The number of amides is 2. The number of hydrazine groups is 1. The van der Waals surface area contributed by atoms with Gasteiger partial charge in [0.25, 0.3) is 5.91 Å². The van der Waals surface area contributed by atoms with Crippen LogP contribution in [0.1, 0.15) is 38.2 Å². The Morgan fingerprint density at radius 3 is 2.39 bits per heavy atom. The van der Waals surface area contributed by atoms with Gasteiger partial charge in [-0.3, -0.25) is 20.4 Å². The van der Waals surface area contributed by atoms with Crippen molar-refractivity contribution >= 4 is 38.5 Å². The number of carbonyl (C=O) groups is 2. The van der Waals surface area contributed by atoms with Gasteiger partial charge in [-0.2, -0.15) is 0 Å². The zero-order chi connectivity index (χ0) is 19.9. The van der Waals surface area contributed by atoms with Gasteiger partial charge in [-0.1, -0.05) is 67.1 Å². The van der Waals surface area contributed by atoms with Crippen molar-refractivity contribution in [1.82, 2.24) is 15.8 Å². The number of para-hydroxylation sites is 1. The van der Waals surface area contributed by atoms with Gasteiger partial charge < -0.3 is 5.32 Å². The van der Waals surface area contributed by atoms with Gasteiger partial charge in [-0.15, -0.1) is 0 Å². The molecule has 0 aliphatic rings. The van der Waals surface area contributed by atoms with Gasteiger partial charge in [0.15, 0.2) is 5.13 Å². The second-order valence-corrected chi connectivity index (χ2v) is 7.61. The van der Waals surface area contributed by atoms with Crippen LogP contribution in [0, 0.1) is 0 Å². The first kappa shape index (κ1) is 19.8. The molecule has 2 unspecified atom stereocenters. The van der Waals surface area contributed by atoms with Gasteiger partial charge in [-0.25, -0.2) is 4.98 Å². The van der Waals surface area contributed by atoms with Crippen LogP contribution in [-0.2, 0) is 9.59 Å². The highest BCUT2D eigenvalue weighted by molar-refractivity contribution is 7.22. The molecule has 146 valence electrons. The summed E-state index contributed by atoms with van der Waals surface area (Å²) in [6.07, 6.45) is 1.59. The summed E-state index contributed by atoms with van der Waals surface area (Å²) >= 11 is 1.49. The molecule has 7 heteroatoms. The van der Waals surface area contributed by atoms with Crippen molar-refractivity contribution in [1.29, 1.82) is 0 Å². The molecule has 2 aromatic carbocycles. The number of nitrogens with zero attached hydrogens (tertiary/aromatic N) is 1. The number of benzene rings is 2. The van der Waals surface area contributed by atoms with Crippen molar-refractivity contribution in [2.45, 2.75) is 38.6 Å². The maximum atomic E-state index is 12.6. The molecule has 1 aromatic heterocycles. The van der Waals surface area contributed by atoms with Crippen LogP contribution in [0.4, 0.5) is 5.13 Å². The zero-order valence-electron chi connectivity index (χ0n) is 15.9. The first-order valence-corrected chi connectivity index (χ1v) is 10.2. The summed E-state index contributed by atoms with van der Waals surface area (Å²) in [7, 11) is 0. The Balaban J connectivity index is 1.56. The largest absolute Gasteiger partial charge is 0.350 e. The van der Waals surface area contributed by atoms with Crippen molar-refractivity contribution in [3.63, 3.8) is 0 Å². The molecule has 0 fully saturated rings. The summed E-state index contributed by atoms with van der Waals surface area (Å²) in [5.74, 6) is -0.830. The van der Waals surface area contributed by atoms with E-state index in [2.05, 4.69) is 21.2 Å². The molecule has 0 saturated heterocycles. The van der Waals surface area contributed by atoms with Crippen LogP contribution in [0.2, 0.25) is 0 Å². The van der Waals surface area contributed by atoms with Crippen LogP contribution in [0.15, 0.2) is 54.6 Å². The molecule has 0 aliphatic heterocycles. The summed E-state index contributed by atoms with van der Waals surface area (Å²) in [5.41, 5.74) is 6.92. The zero-order valence-corrected chi connectivity index (χ0v) is 16.8. The number of fused-ring (bicyclic) bond motifs is 1. The number of carbonyl (C=O) groups excluding carboxylic acids is 2. The highest BCUT2D eigenvalue weighted by Gasteiger charge is 2.21. The molecule has 3 aromatic rings. The molecule has 0 saturated carbocycles. The van der Waals surface area contributed by atoms with Crippen LogP contribution in [0.5, 0.6) is 0 Å². The van der Waals surface area contributed by atoms with E-state index in [9.17, 15) is 9.59 Å². The van der Waals surface area contributed by atoms with Gasteiger partial charge in [0.1, 0.15) is 6.04 Å². The van der Waals surface area contributed by atoms with Crippen LogP contribution in [0.3, 0.4) is 0 Å². The number of aromatic nitrogens is 1. The molecule has 1 heterocycles. The predicted octanol–water partition coefficient (Wildman–Crippen LogP) is 3.83.